The Bertz CT molecular complexity index is 790. The Morgan fingerprint density at radius 3 is 2.92 bits per heavy atom. The van der Waals surface area contributed by atoms with Gasteiger partial charge in [0.2, 0.25) is 11.8 Å². The molecule has 1 N–H and O–H groups in total. The third kappa shape index (κ3) is 3.51. The number of rotatable bonds is 3. The van der Waals surface area contributed by atoms with E-state index < -0.39 is 0 Å². The maximum Gasteiger partial charge on any atom is 0.231 e. The molecule has 0 spiro atoms. The number of piperidine rings is 1. The van der Waals surface area contributed by atoms with E-state index in [0.717, 1.165) is 38.6 Å². The van der Waals surface area contributed by atoms with Gasteiger partial charge in [0.05, 0.1) is 11.8 Å². The molecule has 0 bridgehead atoms. The number of likely N-dealkylation sites (tertiary alicyclic amines) is 1. The maximum absolute atomic E-state index is 13.2. The number of hydrogen-bond acceptors (Lipinski definition) is 4. The first kappa shape index (κ1) is 17.2. The first-order chi connectivity index (χ1) is 12.7. The Morgan fingerprint density at radius 2 is 2.08 bits per heavy atom. The van der Waals surface area contributed by atoms with Gasteiger partial charge in [0.15, 0.2) is 5.13 Å². The van der Waals surface area contributed by atoms with Gasteiger partial charge in [0.1, 0.15) is 0 Å². The maximum atomic E-state index is 13.2. The lowest BCUT2D eigenvalue weighted by Crippen LogP contribution is -2.46. The van der Waals surface area contributed by atoms with E-state index in [4.69, 9.17) is 0 Å². The Labute approximate surface area is 157 Å². The van der Waals surface area contributed by atoms with Crippen molar-refractivity contribution in [3.05, 3.63) is 47.0 Å². The van der Waals surface area contributed by atoms with Gasteiger partial charge in [-0.15, -0.1) is 11.3 Å². The van der Waals surface area contributed by atoms with Crippen LogP contribution in [-0.4, -0.2) is 34.8 Å². The zero-order chi connectivity index (χ0) is 17.9. The van der Waals surface area contributed by atoms with Crippen molar-refractivity contribution in [3.8, 4) is 0 Å². The summed E-state index contributed by atoms with van der Waals surface area (Å²) in [7, 11) is 0. The predicted molar refractivity (Wildman–Crippen MR) is 102 cm³/mol. The van der Waals surface area contributed by atoms with Gasteiger partial charge >= 0.3 is 0 Å². The van der Waals surface area contributed by atoms with Gasteiger partial charge in [0, 0.05) is 24.7 Å². The van der Waals surface area contributed by atoms with E-state index in [1.807, 2.05) is 22.4 Å². The van der Waals surface area contributed by atoms with Crippen molar-refractivity contribution < 1.29 is 9.59 Å². The monoisotopic (exact) mass is 369 g/mol. The number of hydrogen-bond donors (Lipinski definition) is 1. The SMILES string of the molecule is O=C(Nc1nccs1)[C@@H]1CCCN(C(=O)[C@@H]2CCCc3ccccc32)C1. The molecule has 0 radical (unpaired) electrons. The molecule has 0 saturated carbocycles. The van der Waals surface area contributed by atoms with E-state index in [2.05, 4.69) is 22.4 Å². The Kier molecular flexibility index (Phi) is 5.02. The van der Waals surface area contributed by atoms with Crippen LogP contribution in [0.4, 0.5) is 5.13 Å². The number of nitrogens with one attached hydrogen (secondary N) is 1. The van der Waals surface area contributed by atoms with Gasteiger partial charge in [-0.25, -0.2) is 4.98 Å². The van der Waals surface area contributed by atoms with Gasteiger partial charge < -0.3 is 10.2 Å². The minimum absolute atomic E-state index is 0.0264. The molecule has 1 aliphatic carbocycles. The first-order valence-electron chi connectivity index (χ1n) is 9.29. The van der Waals surface area contributed by atoms with Crippen LogP contribution in [0, 0.1) is 5.92 Å². The summed E-state index contributed by atoms with van der Waals surface area (Å²) in [5, 5.41) is 5.34. The van der Waals surface area contributed by atoms with Crippen LogP contribution in [0.3, 0.4) is 0 Å². The minimum atomic E-state index is -0.157. The van der Waals surface area contributed by atoms with Crippen LogP contribution >= 0.6 is 11.3 Å². The van der Waals surface area contributed by atoms with Crippen molar-refractivity contribution in [1.82, 2.24) is 9.88 Å². The van der Waals surface area contributed by atoms with Crippen LogP contribution in [0.2, 0.25) is 0 Å². The third-order valence-corrected chi connectivity index (χ3v) is 6.12. The Balaban J connectivity index is 1.44. The van der Waals surface area contributed by atoms with Crippen LogP contribution in [0.1, 0.15) is 42.7 Å². The second-order valence-corrected chi connectivity index (χ2v) is 7.99. The lowest BCUT2D eigenvalue weighted by molar-refractivity contribution is -0.136. The Morgan fingerprint density at radius 1 is 1.19 bits per heavy atom. The van der Waals surface area contributed by atoms with E-state index >= 15 is 0 Å². The third-order valence-electron chi connectivity index (χ3n) is 5.43. The molecule has 2 atom stereocenters. The smallest absolute Gasteiger partial charge is 0.231 e. The number of carbonyl (C=O) groups excluding carboxylic acids is 2. The molecule has 1 saturated heterocycles. The van der Waals surface area contributed by atoms with Crippen molar-refractivity contribution in [3.63, 3.8) is 0 Å². The topological polar surface area (TPSA) is 62.3 Å². The number of thiazole rings is 1. The van der Waals surface area contributed by atoms with Gasteiger partial charge in [0.25, 0.3) is 0 Å². The van der Waals surface area contributed by atoms with Crippen LogP contribution in [0.5, 0.6) is 0 Å². The van der Waals surface area contributed by atoms with Crippen molar-refractivity contribution >= 4 is 28.3 Å². The summed E-state index contributed by atoms with van der Waals surface area (Å²) < 4.78 is 0. The van der Waals surface area contributed by atoms with Gasteiger partial charge in [-0.2, -0.15) is 0 Å². The number of benzene rings is 1. The fourth-order valence-corrected chi connectivity index (χ4v) is 4.65. The van der Waals surface area contributed by atoms with E-state index in [1.165, 1.54) is 22.5 Å². The fraction of sp³-hybridized carbons (Fsp3) is 0.450. The average Bonchev–Trinajstić information content (AvgIpc) is 3.20. The van der Waals surface area contributed by atoms with Crippen LogP contribution in [-0.2, 0) is 16.0 Å². The summed E-state index contributed by atoms with van der Waals surface area (Å²) in [6.07, 6.45) is 6.38. The quantitative estimate of drug-likeness (QED) is 0.901. The highest BCUT2D eigenvalue weighted by atomic mass is 32.1. The molecule has 2 heterocycles. The summed E-state index contributed by atoms with van der Waals surface area (Å²) in [6, 6.07) is 8.29. The van der Waals surface area contributed by atoms with Crippen LogP contribution in [0.15, 0.2) is 35.8 Å². The zero-order valence-electron chi connectivity index (χ0n) is 14.7. The number of amides is 2. The van der Waals surface area contributed by atoms with E-state index in [0.29, 0.717) is 11.7 Å². The molecule has 1 aliphatic heterocycles. The number of aryl methyl sites for hydroxylation is 1. The van der Waals surface area contributed by atoms with Crippen LogP contribution in [0.25, 0.3) is 0 Å². The molecule has 136 valence electrons. The fourth-order valence-electron chi connectivity index (χ4n) is 4.11. The second-order valence-electron chi connectivity index (χ2n) is 7.09. The molecule has 0 unspecified atom stereocenters. The normalized spacial score (nSPS) is 22.5. The molecule has 2 aliphatic rings. The number of aromatic nitrogens is 1. The van der Waals surface area contributed by atoms with Crippen molar-refractivity contribution in [1.29, 1.82) is 0 Å². The number of fused-ring (bicyclic) bond motifs is 1. The molecule has 1 aromatic heterocycles. The highest BCUT2D eigenvalue weighted by Gasteiger charge is 2.34. The first-order valence-corrected chi connectivity index (χ1v) is 10.2. The lowest BCUT2D eigenvalue weighted by Gasteiger charge is -2.36. The molecule has 1 fully saturated rings. The molecular weight excluding hydrogens is 346 g/mol. The number of nitrogens with zero attached hydrogens (tertiary/aromatic N) is 2. The highest BCUT2D eigenvalue weighted by molar-refractivity contribution is 7.13. The molecule has 2 aromatic rings. The number of anilines is 1. The minimum Gasteiger partial charge on any atom is -0.341 e. The molecule has 4 rings (SSSR count). The molecule has 1 aromatic carbocycles. The molecule has 2 amide bonds. The largest absolute Gasteiger partial charge is 0.341 e. The Hall–Kier alpha value is -2.21. The summed E-state index contributed by atoms with van der Waals surface area (Å²) in [5.41, 5.74) is 2.48. The van der Waals surface area contributed by atoms with Crippen LogP contribution < -0.4 is 5.32 Å². The highest BCUT2D eigenvalue weighted by Crippen LogP contribution is 2.34. The lowest BCUT2D eigenvalue weighted by atomic mass is 9.81. The summed E-state index contributed by atoms with van der Waals surface area (Å²) in [5.74, 6) is -0.0541. The molecule has 5 nitrogen and oxygen atoms in total. The predicted octanol–water partition coefficient (Wildman–Crippen LogP) is 3.44. The molecular formula is C20H23N3O2S. The van der Waals surface area contributed by atoms with E-state index in [1.54, 1.807) is 6.20 Å². The summed E-state index contributed by atoms with van der Waals surface area (Å²) >= 11 is 1.41. The zero-order valence-corrected chi connectivity index (χ0v) is 15.5. The summed E-state index contributed by atoms with van der Waals surface area (Å²) in [4.78, 5) is 31.7. The average molecular weight is 369 g/mol. The van der Waals surface area contributed by atoms with E-state index in [-0.39, 0.29) is 23.7 Å². The van der Waals surface area contributed by atoms with E-state index in [9.17, 15) is 9.59 Å². The van der Waals surface area contributed by atoms with Gasteiger partial charge in [-0.1, -0.05) is 24.3 Å². The molecule has 26 heavy (non-hydrogen) atoms. The van der Waals surface area contributed by atoms with Gasteiger partial charge in [-0.05, 0) is 43.2 Å². The van der Waals surface area contributed by atoms with Crippen molar-refractivity contribution in [2.24, 2.45) is 5.92 Å². The second kappa shape index (κ2) is 7.58. The van der Waals surface area contributed by atoms with Gasteiger partial charge in [-0.3, -0.25) is 9.59 Å². The number of carbonyl (C=O) groups is 2. The van der Waals surface area contributed by atoms with Crippen molar-refractivity contribution in [2.45, 2.75) is 38.0 Å². The standard InChI is InChI=1S/C20H23N3O2S/c24-18(22-20-21-10-12-26-20)15-7-4-11-23(13-15)19(25)17-9-3-6-14-5-1-2-8-16(14)17/h1-2,5,8,10,12,15,17H,3-4,6-7,9,11,13H2,(H,21,22,24)/t15-,17-/m1/s1. The molecule has 6 heteroatoms. The summed E-state index contributed by atoms with van der Waals surface area (Å²) in [6.45, 7) is 1.26. The van der Waals surface area contributed by atoms with Crippen molar-refractivity contribution in [2.75, 3.05) is 18.4 Å².